The molecule has 6 nitrogen and oxygen atoms in total. The lowest BCUT2D eigenvalue weighted by Crippen LogP contribution is -2.50. The standard InChI is InChI=1S/C22H27N3O3/c1-3-16-6-5-7-17(4-2)21(16)24-10-12-25(13-11-24)22(26)23-18-8-9-19-20(14-18)28-15-27-19/h5-9,14H,3-4,10-13,15H2,1-2H3,(H,23,26). The van der Waals surface area contributed by atoms with Gasteiger partial charge in [0, 0.05) is 43.6 Å². The van der Waals surface area contributed by atoms with Crippen LogP contribution in [0.15, 0.2) is 36.4 Å². The van der Waals surface area contributed by atoms with Gasteiger partial charge in [-0.15, -0.1) is 0 Å². The minimum absolute atomic E-state index is 0.0713. The Morgan fingerprint density at radius 1 is 0.964 bits per heavy atom. The van der Waals surface area contributed by atoms with Crippen LogP contribution >= 0.6 is 0 Å². The molecule has 28 heavy (non-hydrogen) atoms. The number of ether oxygens (including phenoxy) is 2. The number of fused-ring (bicyclic) bond motifs is 1. The van der Waals surface area contributed by atoms with Gasteiger partial charge in [0.2, 0.25) is 6.79 Å². The van der Waals surface area contributed by atoms with E-state index in [0.717, 1.165) is 31.6 Å². The zero-order valence-electron chi connectivity index (χ0n) is 16.5. The third-order valence-electron chi connectivity index (χ3n) is 5.47. The summed E-state index contributed by atoms with van der Waals surface area (Å²) >= 11 is 0. The van der Waals surface area contributed by atoms with Gasteiger partial charge >= 0.3 is 6.03 Å². The van der Waals surface area contributed by atoms with E-state index in [0.29, 0.717) is 24.6 Å². The summed E-state index contributed by atoms with van der Waals surface area (Å²) in [6, 6.07) is 12.0. The number of urea groups is 1. The van der Waals surface area contributed by atoms with Gasteiger partial charge in [0.25, 0.3) is 0 Å². The molecule has 2 amide bonds. The third kappa shape index (κ3) is 3.59. The van der Waals surface area contributed by atoms with Crippen molar-refractivity contribution in [2.45, 2.75) is 26.7 Å². The van der Waals surface area contributed by atoms with Crippen LogP contribution in [0, 0.1) is 0 Å². The first-order valence-corrected chi connectivity index (χ1v) is 10.0. The number of hydrogen-bond acceptors (Lipinski definition) is 4. The largest absolute Gasteiger partial charge is 0.454 e. The van der Waals surface area contributed by atoms with E-state index in [2.05, 4.69) is 42.3 Å². The number of carbonyl (C=O) groups excluding carboxylic acids is 1. The Balaban J connectivity index is 1.40. The summed E-state index contributed by atoms with van der Waals surface area (Å²) < 4.78 is 10.7. The summed E-state index contributed by atoms with van der Waals surface area (Å²) in [6.45, 7) is 7.74. The molecule has 0 radical (unpaired) electrons. The lowest BCUT2D eigenvalue weighted by molar-refractivity contribution is 0.174. The Morgan fingerprint density at radius 2 is 1.64 bits per heavy atom. The molecule has 148 valence electrons. The van der Waals surface area contributed by atoms with Gasteiger partial charge in [-0.2, -0.15) is 0 Å². The molecule has 0 aromatic heterocycles. The molecule has 0 bridgehead atoms. The van der Waals surface area contributed by atoms with Crippen LogP contribution in [0.5, 0.6) is 11.5 Å². The van der Waals surface area contributed by atoms with Crippen LogP contribution in [-0.4, -0.2) is 43.9 Å². The number of benzene rings is 2. The molecule has 2 heterocycles. The van der Waals surface area contributed by atoms with Crippen molar-refractivity contribution in [3.8, 4) is 11.5 Å². The van der Waals surface area contributed by atoms with E-state index in [1.165, 1.54) is 16.8 Å². The number of para-hydroxylation sites is 1. The van der Waals surface area contributed by atoms with Gasteiger partial charge in [0.05, 0.1) is 0 Å². The molecule has 6 heteroatoms. The van der Waals surface area contributed by atoms with Crippen LogP contribution < -0.4 is 19.7 Å². The van der Waals surface area contributed by atoms with Crippen LogP contribution in [0.1, 0.15) is 25.0 Å². The van der Waals surface area contributed by atoms with E-state index in [4.69, 9.17) is 9.47 Å². The van der Waals surface area contributed by atoms with E-state index >= 15 is 0 Å². The minimum Gasteiger partial charge on any atom is -0.454 e. The molecular weight excluding hydrogens is 354 g/mol. The maximum absolute atomic E-state index is 12.7. The van der Waals surface area contributed by atoms with Crippen molar-refractivity contribution in [3.05, 3.63) is 47.5 Å². The molecular formula is C22H27N3O3. The van der Waals surface area contributed by atoms with Crippen LogP contribution in [-0.2, 0) is 12.8 Å². The number of rotatable bonds is 4. The molecule has 2 aromatic rings. The van der Waals surface area contributed by atoms with Crippen molar-refractivity contribution in [1.29, 1.82) is 0 Å². The second kappa shape index (κ2) is 8.00. The molecule has 2 aromatic carbocycles. The maximum Gasteiger partial charge on any atom is 0.321 e. The average molecular weight is 381 g/mol. The Hall–Kier alpha value is -2.89. The Labute approximate surface area is 166 Å². The Bertz CT molecular complexity index is 838. The summed E-state index contributed by atoms with van der Waals surface area (Å²) in [6.07, 6.45) is 2.04. The molecule has 0 spiro atoms. The lowest BCUT2D eigenvalue weighted by atomic mass is 10.0. The molecule has 4 rings (SSSR count). The van der Waals surface area contributed by atoms with E-state index < -0.39 is 0 Å². The molecule has 1 N–H and O–H groups in total. The van der Waals surface area contributed by atoms with Crippen molar-refractivity contribution in [2.75, 3.05) is 43.2 Å². The van der Waals surface area contributed by atoms with Gasteiger partial charge in [-0.1, -0.05) is 32.0 Å². The molecule has 1 fully saturated rings. The normalized spacial score (nSPS) is 15.6. The summed E-state index contributed by atoms with van der Waals surface area (Å²) in [5.41, 5.74) is 4.86. The van der Waals surface area contributed by atoms with E-state index in [-0.39, 0.29) is 12.8 Å². The second-order valence-electron chi connectivity index (χ2n) is 7.10. The first-order chi connectivity index (χ1) is 13.7. The summed E-state index contributed by atoms with van der Waals surface area (Å²) in [4.78, 5) is 17.0. The molecule has 0 unspecified atom stereocenters. The van der Waals surface area contributed by atoms with Crippen LogP contribution in [0.4, 0.5) is 16.2 Å². The van der Waals surface area contributed by atoms with Gasteiger partial charge in [-0.05, 0) is 36.1 Å². The fourth-order valence-corrected chi connectivity index (χ4v) is 3.93. The number of amides is 2. The highest BCUT2D eigenvalue weighted by Gasteiger charge is 2.24. The fraction of sp³-hybridized carbons (Fsp3) is 0.409. The topological polar surface area (TPSA) is 54.0 Å². The van der Waals surface area contributed by atoms with Gasteiger partial charge in [0.1, 0.15) is 0 Å². The van der Waals surface area contributed by atoms with Gasteiger partial charge in [-0.3, -0.25) is 0 Å². The Kier molecular flexibility index (Phi) is 5.28. The number of hydrogen-bond donors (Lipinski definition) is 1. The quantitative estimate of drug-likeness (QED) is 0.873. The number of nitrogens with zero attached hydrogens (tertiary/aromatic N) is 2. The zero-order chi connectivity index (χ0) is 19.5. The predicted octanol–water partition coefficient (Wildman–Crippen LogP) is 3.89. The smallest absolute Gasteiger partial charge is 0.321 e. The molecule has 0 saturated carbocycles. The summed E-state index contributed by atoms with van der Waals surface area (Å²) in [7, 11) is 0. The first kappa shape index (κ1) is 18.5. The SMILES string of the molecule is CCc1cccc(CC)c1N1CCN(C(=O)Nc2ccc3c(c2)OCO3)CC1. The molecule has 0 atom stereocenters. The highest BCUT2D eigenvalue weighted by atomic mass is 16.7. The lowest BCUT2D eigenvalue weighted by Gasteiger charge is -2.38. The highest BCUT2D eigenvalue weighted by molar-refractivity contribution is 5.90. The van der Waals surface area contributed by atoms with Gasteiger partial charge in [-0.25, -0.2) is 4.79 Å². The van der Waals surface area contributed by atoms with Crippen molar-refractivity contribution >= 4 is 17.4 Å². The van der Waals surface area contributed by atoms with Gasteiger partial charge in [0.15, 0.2) is 11.5 Å². The summed E-state index contributed by atoms with van der Waals surface area (Å²) in [5.74, 6) is 1.39. The van der Waals surface area contributed by atoms with Crippen LogP contribution in [0.2, 0.25) is 0 Å². The van der Waals surface area contributed by atoms with Crippen molar-refractivity contribution in [2.24, 2.45) is 0 Å². The predicted molar refractivity (Wildman–Crippen MR) is 111 cm³/mol. The second-order valence-corrected chi connectivity index (χ2v) is 7.10. The zero-order valence-corrected chi connectivity index (χ0v) is 16.5. The van der Waals surface area contributed by atoms with Gasteiger partial charge < -0.3 is 24.6 Å². The number of anilines is 2. The number of aryl methyl sites for hydroxylation is 2. The van der Waals surface area contributed by atoms with Crippen molar-refractivity contribution in [1.82, 2.24) is 4.90 Å². The average Bonchev–Trinajstić information content (AvgIpc) is 3.21. The van der Waals surface area contributed by atoms with Crippen molar-refractivity contribution in [3.63, 3.8) is 0 Å². The Morgan fingerprint density at radius 3 is 2.32 bits per heavy atom. The number of piperazine rings is 1. The van der Waals surface area contributed by atoms with E-state index in [1.807, 2.05) is 23.1 Å². The monoisotopic (exact) mass is 381 g/mol. The molecule has 2 aliphatic heterocycles. The molecule has 0 aliphatic carbocycles. The maximum atomic E-state index is 12.7. The number of carbonyl (C=O) groups is 1. The number of nitrogens with one attached hydrogen (secondary N) is 1. The minimum atomic E-state index is -0.0713. The highest BCUT2D eigenvalue weighted by Crippen LogP contribution is 2.34. The first-order valence-electron chi connectivity index (χ1n) is 10.0. The molecule has 2 aliphatic rings. The van der Waals surface area contributed by atoms with E-state index in [9.17, 15) is 4.79 Å². The fourth-order valence-electron chi connectivity index (χ4n) is 3.93. The van der Waals surface area contributed by atoms with Crippen molar-refractivity contribution < 1.29 is 14.3 Å². The summed E-state index contributed by atoms with van der Waals surface area (Å²) in [5, 5.41) is 2.97. The molecule has 1 saturated heterocycles. The third-order valence-corrected chi connectivity index (χ3v) is 5.47. The van der Waals surface area contributed by atoms with Crippen LogP contribution in [0.25, 0.3) is 0 Å². The van der Waals surface area contributed by atoms with E-state index in [1.54, 1.807) is 0 Å². The van der Waals surface area contributed by atoms with Crippen LogP contribution in [0.3, 0.4) is 0 Å².